The molecule has 3 heteroatoms. The summed E-state index contributed by atoms with van der Waals surface area (Å²) in [5.41, 5.74) is 1.67. The maximum atomic E-state index is 10.3. The van der Waals surface area contributed by atoms with E-state index in [0.717, 1.165) is 12.8 Å². The zero-order valence-corrected chi connectivity index (χ0v) is 6.66. The highest BCUT2D eigenvalue weighted by molar-refractivity contribution is 5.71. The summed E-state index contributed by atoms with van der Waals surface area (Å²) in [6, 6.07) is 4.16. The normalized spacial score (nSPS) is 21.5. The molecule has 0 aromatic carbocycles. The van der Waals surface area contributed by atoms with Gasteiger partial charge in [0, 0.05) is 12.2 Å². The van der Waals surface area contributed by atoms with Gasteiger partial charge in [-0.1, -0.05) is 6.07 Å². The molecule has 1 N–H and O–H groups in total. The zero-order valence-electron chi connectivity index (χ0n) is 6.66. The van der Waals surface area contributed by atoms with Crippen molar-refractivity contribution in [2.45, 2.75) is 12.5 Å². The van der Waals surface area contributed by atoms with Crippen LogP contribution in [0.5, 0.6) is 0 Å². The minimum atomic E-state index is 0.457. The van der Waals surface area contributed by atoms with Gasteiger partial charge in [-0.25, -0.2) is 0 Å². The first kappa shape index (κ1) is 7.43. The summed E-state index contributed by atoms with van der Waals surface area (Å²) in [7, 11) is 0. The van der Waals surface area contributed by atoms with E-state index in [9.17, 15) is 4.79 Å². The highest BCUT2D eigenvalue weighted by Crippen LogP contribution is 2.21. The molecule has 0 aliphatic carbocycles. The third-order valence-electron chi connectivity index (χ3n) is 2.16. The van der Waals surface area contributed by atoms with Crippen LogP contribution < -0.4 is 5.32 Å². The molecular formula is C9H10N2O. The van der Waals surface area contributed by atoms with E-state index in [1.54, 1.807) is 12.3 Å². The summed E-state index contributed by atoms with van der Waals surface area (Å²) < 4.78 is 0. The number of hydrogen-bond acceptors (Lipinski definition) is 3. The van der Waals surface area contributed by atoms with Crippen molar-refractivity contribution in [3.8, 4) is 0 Å². The van der Waals surface area contributed by atoms with Crippen LogP contribution in [0.1, 0.15) is 28.5 Å². The largest absolute Gasteiger partial charge is 0.310 e. The number of rotatable bonds is 2. The first-order valence-corrected chi connectivity index (χ1v) is 4.04. The number of aromatic nitrogens is 1. The Morgan fingerprint density at radius 2 is 2.42 bits per heavy atom. The van der Waals surface area contributed by atoms with E-state index >= 15 is 0 Å². The summed E-state index contributed by atoms with van der Waals surface area (Å²) in [6.45, 7) is 1.08. The lowest BCUT2D eigenvalue weighted by Gasteiger charge is -2.27. The van der Waals surface area contributed by atoms with Crippen LogP contribution in [0.15, 0.2) is 18.3 Å². The highest BCUT2D eigenvalue weighted by atomic mass is 16.1. The predicted octanol–water partition coefficient (Wildman–Crippen LogP) is 0.928. The molecule has 1 fully saturated rings. The second-order valence-electron chi connectivity index (χ2n) is 2.93. The van der Waals surface area contributed by atoms with Crippen LogP contribution in [0.3, 0.4) is 0 Å². The highest BCUT2D eigenvalue weighted by Gasteiger charge is 2.17. The summed E-state index contributed by atoms with van der Waals surface area (Å²) >= 11 is 0. The van der Waals surface area contributed by atoms with Gasteiger partial charge in [0.2, 0.25) is 0 Å². The summed E-state index contributed by atoms with van der Waals surface area (Å²) in [6.07, 6.45) is 3.70. The maximum Gasteiger partial charge on any atom is 0.168 e. The number of carbonyl (C=O) groups excluding carboxylic acids is 1. The van der Waals surface area contributed by atoms with Crippen LogP contribution in [-0.2, 0) is 0 Å². The molecule has 0 unspecified atom stereocenters. The molecule has 1 aliphatic heterocycles. The average molecular weight is 162 g/mol. The standard InChI is InChI=1S/C9H10N2O/c12-6-8-2-1-7(5-11-8)9-3-4-10-9/h1-2,5-6,9-10H,3-4H2/t9-/m1/s1. The Morgan fingerprint density at radius 1 is 1.58 bits per heavy atom. The van der Waals surface area contributed by atoms with Crippen molar-refractivity contribution in [3.63, 3.8) is 0 Å². The van der Waals surface area contributed by atoms with Gasteiger partial charge in [0.05, 0.1) is 0 Å². The lowest BCUT2D eigenvalue weighted by Crippen LogP contribution is -2.34. The Morgan fingerprint density at radius 3 is 2.83 bits per heavy atom. The number of pyridine rings is 1. The molecule has 62 valence electrons. The topological polar surface area (TPSA) is 42.0 Å². The molecule has 1 aromatic rings. The fourth-order valence-electron chi connectivity index (χ4n) is 1.27. The van der Waals surface area contributed by atoms with Crippen molar-refractivity contribution in [2.75, 3.05) is 6.54 Å². The van der Waals surface area contributed by atoms with Crippen molar-refractivity contribution in [2.24, 2.45) is 0 Å². The Balaban J connectivity index is 2.18. The van der Waals surface area contributed by atoms with Gasteiger partial charge >= 0.3 is 0 Å². The van der Waals surface area contributed by atoms with Gasteiger partial charge in [0.25, 0.3) is 0 Å². The molecule has 2 rings (SSSR count). The molecule has 1 atom stereocenters. The number of nitrogens with one attached hydrogen (secondary N) is 1. The van der Waals surface area contributed by atoms with Crippen LogP contribution in [-0.4, -0.2) is 17.8 Å². The van der Waals surface area contributed by atoms with Gasteiger partial charge in [-0.05, 0) is 24.6 Å². The molecule has 0 spiro atoms. The van der Waals surface area contributed by atoms with Crippen molar-refractivity contribution in [1.29, 1.82) is 0 Å². The van der Waals surface area contributed by atoms with E-state index in [1.807, 2.05) is 6.07 Å². The van der Waals surface area contributed by atoms with Gasteiger partial charge in [0.15, 0.2) is 6.29 Å². The smallest absolute Gasteiger partial charge is 0.168 e. The molecular weight excluding hydrogens is 152 g/mol. The molecule has 0 radical (unpaired) electrons. The third kappa shape index (κ3) is 1.23. The molecule has 3 nitrogen and oxygen atoms in total. The first-order chi connectivity index (χ1) is 5.90. The molecule has 0 bridgehead atoms. The van der Waals surface area contributed by atoms with Gasteiger partial charge in [-0.3, -0.25) is 9.78 Å². The molecule has 0 saturated carbocycles. The number of hydrogen-bond donors (Lipinski definition) is 1. The molecule has 1 aliphatic rings. The Bertz CT molecular complexity index is 277. The van der Waals surface area contributed by atoms with Crippen LogP contribution in [0.2, 0.25) is 0 Å². The fraction of sp³-hybridized carbons (Fsp3) is 0.333. The van der Waals surface area contributed by atoms with E-state index in [4.69, 9.17) is 0 Å². The minimum Gasteiger partial charge on any atom is -0.310 e. The molecule has 0 amide bonds. The summed E-state index contributed by atoms with van der Waals surface area (Å²) in [4.78, 5) is 14.3. The van der Waals surface area contributed by atoms with E-state index in [-0.39, 0.29) is 0 Å². The minimum absolute atomic E-state index is 0.457. The lowest BCUT2D eigenvalue weighted by molar-refractivity contribution is 0.111. The fourth-order valence-corrected chi connectivity index (χ4v) is 1.27. The van der Waals surface area contributed by atoms with Crippen LogP contribution in [0.4, 0.5) is 0 Å². The van der Waals surface area contributed by atoms with Gasteiger partial charge in [-0.15, -0.1) is 0 Å². The lowest BCUT2D eigenvalue weighted by atomic mass is 10.00. The van der Waals surface area contributed by atoms with Gasteiger partial charge in [-0.2, -0.15) is 0 Å². The molecule has 12 heavy (non-hydrogen) atoms. The van der Waals surface area contributed by atoms with Gasteiger partial charge in [0.1, 0.15) is 5.69 Å². The Hall–Kier alpha value is -1.22. The van der Waals surface area contributed by atoms with Crippen LogP contribution in [0.25, 0.3) is 0 Å². The van der Waals surface area contributed by atoms with Crippen molar-refractivity contribution < 1.29 is 4.79 Å². The monoisotopic (exact) mass is 162 g/mol. The number of nitrogens with zero attached hydrogens (tertiary/aromatic N) is 1. The molecule has 1 aromatic heterocycles. The summed E-state index contributed by atoms with van der Waals surface area (Å²) in [5.74, 6) is 0. The van der Waals surface area contributed by atoms with Crippen molar-refractivity contribution >= 4 is 6.29 Å². The van der Waals surface area contributed by atoms with Crippen molar-refractivity contribution in [1.82, 2.24) is 10.3 Å². The van der Waals surface area contributed by atoms with Crippen LogP contribution >= 0.6 is 0 Å². The van der Waals surface area contributed by atoms with E-state index < -0.39 is 0 Å². The second-order valence-corrected chi connectivity index (χ2v) is 2.93. The SMILES string of the molecule is O=Cc1ccc([C@H]2CCN2)cn1. The predicted molar refractivity (Wildman–Crippen MR) is 45.0 cm³/mol. The quantitative estimate of drug-likeness (QED) is 0.658. The molecule has 2 heterocycles. The Labute approximate surface area is 70.8 Å². The molecule has 1 saturated heterocycles. The van der Waals surface area contributed by atoms with E-state index in [1.165, 1.54) is 12.0 Å². The van der Waals surface area contributed by atoms with Crippen LogP contribution in [0, 0.1) is 0 Å². The van der Waals surface area contributed by atoms with Crippen molar-refractivity contribution in [3.05, 3.63) is 29.6 Å². The second kappa shape index (κ2) is 3.03. The number of carbonyl (C=O) groups is 1. The number of aldehydes is 1. The third-order valence-corrected chi connectivity index (χ3v) is 2.16. The average Bonchev–Trinajstić information content (AvgIpc) is 2.03. The van der Waals surface area contributed by atoms with Gasteiger partial charge < -0.3 is 5.32 Å². The van der Waals surface area contributed by atoms with E-state index in [2.05, 4.69) is 10.3 Å². The maximum absolute atomic E-state index is 10.3. The first-order valence-electron chi connectivity index (χ1n) is 4.04. The summed E-state index contributed by atoms with van der Waals surface area (Å²) in [5, 5.41) is 3.27. The zero-order chi connectivity index (χ0) is 8.39. The Kier molecular flexibility index (Phi) is 1.87. The van der Waals surface area contributed by atoms with E-state index in [0.29, 0.717) is 11.7 Å².